The van der Waals surface area contributed by atoms with E-state index < -0.39 is 0 Å². The number of ketones is 1. The molecule has 98 valence electrons. The van der Waals surface area contributed by atoms with E-state index in [0.717, 1.165) is 0 Å². The molecular weight excluding hydrogens is 274 g/mol. The highest BCUT2D eigenvalue weighted by Crippen LogP contribution is 2.37. The van der Waals surface area contributed by atoms with Gasteiger partial charge in [0.15, 0.2) is 5.78 Å². The molecule has 1 aliphatic rings. The Morgan fingerprint density at radius 3 is 2.55 bits per heavy atom. The van der Waals surface area contributed by atoms with E-state index in [4.69, 9.17) is 11.6 Å². The lowest BCUT2D eigenvalue weighted by Crippen LogP contribution is -2.06. The van der Waals surface area contributed by atoms with E-state index in [1.807, 2.05) is 6.07 Å². The summed E-state index contributed by atoms with van der Waals surface area (Å²) in [4.78, 5) is 24.1. The fourth-order valence-electron chi connectivity index (χ4n) is 2.16. The Balaban J connectivity index is 2.06. The molecule has 0 radical (unpaired) electrons. The third-order valence-electron chi connectivity index (χ3n) is 3.11. The molecule has 1 aliphatic heterocycles. The number of nitrogens with one attached hydrogen (secondary N) is 1. The molecule has 2 aromatic carbocycles. The van der Waals surface area contributed by atoms with Crippen LogP contribution in [0.5, 0.6) is 0 Å². The molecule has 0 fully saturated rings. The topological polar surface area (TPSA) is 46.2 Å². The number of carbonyl (C=O) groups is 2. The van der Waals surface area contributed by atoms with Crippen LogP contribution in [0, 0.1) is 0 Å². The van der Waals surface area contributed by atoms with E-state index in [1.54, 1.807) is 42.5 Å². The minimum atomic E-state index is -0.308. The smallest absolute Gasteiger partial charge is 0.256 e. The van der Waals surface area contributed by atoms with Crippen molar-refractivity contribution >= 4 is 34.6 Å². The minimum Gasteiger partial charge on any atom is -0.321 e. The molecule has 1 heterocycles. The van der Waals surface area contributed by atoms with E-state index in [-0.39, 0.29) is 11.7 Å². The van der Waals surface area contributed by atoms with Gasteiger partial charge in [0.05, 0.1) is 16.3 Å². The van der Waals surface area contributed by atoms with Crippen molar-refractivity contribution in [3.63, 3.8) is 0 Å². The number of halogens is 1. The highest BCUT2D eigenvalue weighted by Gasteiger charge is 2.27. The van der Waals surface area contributed by atoms with Gasteiger partial charge >= 0.3 is 0 Å². The molecule has 0 bridgehead atoms. The van der Waals surface area contributed by atoms with Crippen LogP contribution in [0.1, 0.15) is 15.9 Å². The molecule has 0 aromatic heterocycles. The summed E-state index contributed by atoms with van der Waals surface area (Å²) in [5.41, 5.74) is 2.06. The lowest BCUT2D eigenvalue weighted by Gasteiger charge is -2.01. The fraction of sp³-hybridized carbons (Fsp3) is 0. The SMILES string of the molecule is O=C1Nc2cccc(Cl)c2/C1=C/C(=O)c1ccccc1. The molecule has 0 aliphatic carbocycles. The summed E-state index contributed by atoms with van der Waals surface area (Å²) in [5.74, 6) is -0.527. The van der Waals surface area contributed by atoms with Crippen LogP contribution < -0.4 is 5.32 Å². The van der Waals surface area contributed by atoms with Crippen LogP contribution >= 0.6 is 11.6 Å². The van der Waals surface area contributed by atoms with E-state index >= 15 is 0 Å². The number of rotatable bonds is 2. The number of benzene rings is 2. The van der Waals surface area contributed by atoms with Gasteiger partial charge in [0.2, 0.25) is 0 Å². The Kier molecular flexibility index (Phi) is 3.12. The van der Waals surface area contributed by atoms with Gasteiger partial charge in [-0.2, -0.15) is 0 Å². The first-order chi connectivity index (χ1) is 9.66. The van der Waals surface area contributed by atoms with Crippen molar-refractivity contribution < 1.29 is 9.59 Å². The number of hydrogen-bond donors (Lipinski definition) is 1. The Hall–Kier alpha value is -2.39. The first-order valence-electron chi connectivity index (χ1n) is 6.08. The van der Waals surface area contributed by atoms with Gasteiger partial charge in [0.25, 0.3) is 5.91 Å². The van der Waals surface area contributed by atoms with Crippen molar-refractivity contribution in [2.45, 2.75) is 0 Å². The summed E-state index contributed by atoms with van der Waals surface area (Å²) < 4.78 is 0. The maximum absolute atomic E-state index is 12.2. The van der Waals surface area contributed by atoms with Crippen LogP contribution in [0.2, 0.25) is 5.02 Å². The molecule has 2 aromatic rings. The van der Waals surface area contributed by atoms with Crippen LogP contribution in [0.3, 0.4) is 0 Å². The summed E-state index contributed by atoms with van der Waals surface area (Å²) in [6.45, 7) is 0. The zero-order valence-electron chi connectivity index (χ0n) is 10.4. The Morgan fingerprint density at radius 2 is 1.80 bits per heavy atom. The van der Waals surface area contributed by atoms with Crippen LogP contribution in [-0.2, 0) is 4.79 Å². The molecule has 20 heavy (non-hydrogen) atoms. The van der Waals surface area contributed by atoms with Gasteiger partial charge in [-0.1, -0.05) is 48.0 Å². The van der Waals surface area contributed by atoms with Gasteiger partial charge in [-0.25, -0.2) is 0 Å². The Bertz CT molecular complexity index is 735. The molecule has 0 saturated heterocycles. The predicted molar refractivity (Wildman–Crippen MR) is 78.8 cm³/mol. The van der Waals surface area contributed by atoms with Crippen molar-refractivity contribution in [3.8, 4) is 0 Å². The van der Waals surface area contributed by atoms with E-state index in [2.05, 4.69) is 5.32 Å². The second-order valence-electron chi connectivity index (χ2n) is 4.40. The summed E-state index contributed by atoms with van der Waals surface area (Å²) in [5, 5.41) is 3.15. The highest BCUT2D eigenvalue weighted by molar-refractivity contribution is 6.41. The molecule has 0 saturated carbocycles. The molecule has 3 nitrogen and oxygen atoms in total. The lowest BCUT2D eigenvalue weighted by molar-refractivity contribution is -0.110. The number of fused-ring (bicyclic) bond motifs is 1. The molecule has 1 amide bonds. The third-order valence-corrected chi connectivity index (χ3v) is 3.42. The van der Waals surface area contributed by atoms with E-state index in [9.17, 15) is 9.59 Å². The van der Waals surface area contributed by atoms with Crippen LogP contribution in [0.15, 0.2) is 54.6 Å². The first-order valence-corrected chi connectivity index (χ1v) is 6.46. The van der Waals surface area contributed by atoms with Gasteiger partial charge in [0, 0.05) is 11.1 Å². The van der Waals surface area contributed by atoms with Gasteiger partial charge in [-0.05, 0) is 18.2 Å². The summed E-state index contributed by atoms with van der Waals surface area (Å²) in [6.07, 6.45) is 1.34. The van der Waals surface area contributed by atoms with Gasteiger partial charge in [0.1, 0.15) is 0 Å². The number of anilines is 1. The maximum Gasteiger partial charge on any atom is 0.256 e. The largest absolute Gasteiger partial charge is 0.321 e. The van der Waals surface area contributed by atoms with Crippen LogP contribution in [0.25, 0.3) is 5.57 Å². The minimum absolute atomic E-state index is 0.219. The number of hydrogen-bond acceptors (Lipinski definition) is 2. The molecule has 0 atom stereocenters. The molecule has 0 spiro atoms. The van der Waals surface area contributed by atoms with Crippen molar-refractivity contribution in [2.24, 2.45) is 0 Å². The van der Waals surface area contributed by atoms with Crippen molar-refractivity contribution in [3.05, 3.63) is 70.8 Å². The average Bonchev–Trinajstić information content (AvgIpc) is 2.77. The lowest BCUT2D eigenvalue weighted by atomic mass is 10.0. The molecule has 0 unspecified atom stereocenters. The number of allylic oxidation sites excluding steroid dienone is 1. The number of carbonyl (C=O) groups excluding carboxylic acids is 2. The zero-order valence-corrected chi connectivity index (χ0v) is 11.1. The van der Waals surface area contributed by atoms with Gasteiger partial charge < -0.3 is 5.32 Å². The molecule has 3 rings (SSSR count). The normalized spacial score (nSPS) is 15.1. The summed E-state index contributed by atoms with van der Waals surface area (Å²) in [6, 6.07) is 14.0. The maximum atomic E-state index is 12.2. The second kappa shape index (κ2) is 4.94. The molecule has 4 heteroatoms. The highest BCUT2D eigenvalue weighted by atomic mass is 35.5. The standard InChI is InChI=1S/C16H10ClNO2/c17-12-7-4-8-13-15(12)11(16(20)18-13)9-14(19)10-5-2-1-3-6-10/h1-9H,(H,18,20)/b11-9-. The van der Waals surface area contributed by atoms with Crippen LogP contribution in [0.4, 0.5) is 5.69 Å². The summed E-state index contributed by atoms with van der Waals surface area (Å²) in [7, 11) is 0. The predicted octanol–water partition coefficient (Wildman–Crippen LogP) is 3.56. The second-order valence-corrected chi connectivity index (χ2v) is 4.81. The quantitative estimate of drug-likeness (QED) is 0.677. The Morgan fingerprint density at radius 1 is 1.05 bits per heavy atom. The average molecular weight is 284 g/mol. The Labute approximate surface area is 120 Å². The van der Waals surface area contributed by atoms with Crippen molar-refractivity contribution in [1.29, 1.82) is 0 Å². The van der Waals surface area contributed by atoms with Gasteiger partial charge in [-0.3, -0.25) is 9.59 Å². The van der Waals surface area contributed by atoms with E-state index in [0.29, 0.717) is 27.4 Å². The molecular formula is C16H10ClNO2. The molecule has 1 N–H and O–H groups in total. The van der Waals surface area contributed by atoms with E-state index in [1.165, 1.54) is 6.08 Å². The van der Waals surface area contributed by atoms with Gasteiger partial charge in [-0.15, -0.1) is 0 Å². The van der Waals surface area contributed by atoms with Crippen molar-refractivity contribution in [2.75, 3.05) is 5.32 Å². The third kappa shape index (κ3) is 2.12. The van der Waals surface area contributed by atoms with Crippen LogP contribution in [-0.4, -0.2) is 11.7 Å². The monoisotopic (exact) mass is 283 g/mol. The zero-order chi connectivity index (χ0) is 14.1. The summed E-state index contributed by atoms with van der Waals surface area (Å²) >= 11 is 6.11. The fourth-order valence-corrected chi connectivity index (χ4v) is 2.44. The van der Waals surface area contributed by atoms with Crippen molar-refractivity contribution in [1.82, 2.24) is 0 Å². The number of amides is 1. The first kappa shape index (κ1) is 12.6.